The first-order chi connectivity index (χ1) is 19.9. The molecule has 0 aliphatic carbocycles. The van der Waals surface area contributed by atoms with Crippen LogP contribution in [0.4, 0.5) is 22.0 Å². The fourth-order valence-electron chi connectivity index (χ4n) is 4.64. The Labute approximate surface area is 243 Å². The van der Waals surface area contributed by atoms with Gasteiger partial charge in [-0.3, -0.25) is 4.79 Å². The molecule has 3 aromatic rings. The lowest BCUT2D eigenvalue weighted by Gasteiger charge is -2.38. The highest BCUT2D eigenvalue weighted by Crippen LogP contribution is 2.40. The Balaban J connectivity index is 1.31. The second-order valence-electron chi connectivity index (χ2n) is 9.78. The van der Waals surface area contributed by atoms with Crippen molar-refractivity contribution in [2.45, 2.75) is 48.8 Å². The number of benzene rings is 2. The third-order valence-corrected chi connectivity index (χ3v) is 8.50. The standard InChI is InChI=1S/C29H29F5N4O3S/c1-20(28(40,17-38-19-35-18-36-38)25-11-8-22(30)16-26(25)31)42-24-12-14-37(15-13-24)27(39)5-3-2-4-21-6-9-23(10-7-21)41-29(32,33)34/h2-11,16,18-20,24,40H,12-15,17H2,1H3/b4-2+,5-3+. The first-order valence-electron chi connectivity index (χ1n) is 13.1. The molecular weight excluding hydrogens is 579 g/mol. The van der Waals surface area contributed by atoms with E-state index in [9.17, 15) is 31.9 Å². The number of halogens is 5. The monoisotopic (exact) mass is 608 g/mol. The van der Waals surface area contributed by atoms with Crippen LogP contribution in [0.3, 0.4) is 0 Å². The van der Waals surface area contributed by atoms with Crippen molar-refractivity contribution in [3.8, 4) is 5.75 Å². The van der Waals surface area contributed by atoms with Gasteiger partial charge in [-0.1, -0.05) is 43.4 Å². The minimum Gasteiger partial charge on any atom is -0.406 e. The number of alkyl halides is 3. The largest absolute Gasteiger partial charge is 0.573 e. The number of allylic oxidation sites excluding steroid dienone is 2. The number of nitrogens with zero attached hydrogens (tertiary/aromatic N) is 4. The molecule has 1 aliphatic rings. The van der Waals surface area contributed by atoms with Crippen molar-refractivity contribution in [1.29, 1.82) is 0 Å². The van der Waals surface area contributed by atoms with Crippen LogP contribution in [0.2, 0.25) is 0 Å². The molecule has 1 aliphatic heterocycles. The number of aromatic nitrogens is 3. The summed E-state index contributed by atoms with van der Waals surface area (Å²) < 4.78 is 70.5. The number of piperidine rings is 1. The zero-order valence-electron chi connectivity index (χ0n) is 22.5. The Morgan fingerprint density at radius 3 is 2.48 bits per heavy atom. The van der Waals surface area contributed by atoms with Crippen molar-refractivity contribution in [3.63, 3.8) is 0 Å². The molecule has 42 heavy (non-hydrogen) atoms. The van der Waals surface area contributed by atoms with Crippen LogP contribution in [-0.4, -0.2) is 60.6 Å². The molecule has 4 rings (SSSR count). The molecule has 0 radical (unpaired) electrons. The first kappa shape index (κ1) is 31.2. The number of hydrogen-bond donors (Lipinski definition) is 1. The molecule has 1 aromatic heterocycles. The molecule has 1 amide bonds. The van der Waals surface area contributed by atoms with E-state index in [2.05, 4.69) is 14.8 Å². The Kier molecular flexibility index (Phi) is 10.0. The molecule has 0 saturated carbocycles. The van der Waals surface area contributed by atoms with Gasteiger partial charge < -0.3 is 14.7 Å². The maximum Gasteiger partial charge on any atom is 0.573 e. The summed E-state index contributed by atoms with van der Waals surface area (Å²) in [6.07, 6.45) is 5.53. The van der Waals surface area contributed by atoms with E-state index in [0.717, 1.165) is 12.1 Å². The summed E-state index contributed by atoms with van der Waals surface area (Å²) in [5.74, 6) is -2.08. The molecule has 1 N–H and O–H groups in total. The molecule has 1 saturated heterocycles. The van der Waals surface area contributed by atoms with Gasteiger partial charge in [-0.15, -0.1) is 13.2 Å². The minimum atomic E-state index is -4.75. The van der Waals surface area contributed by atoms with Crippen molar-refractivity contribution in [1.82, 2.24) is 19.7 Å². The van der Waals surface area contributed by atoms with Crippen LogP contribution in [-0.2, 0) is 16.9 Å². The zero-order valence-corrected chi connectivity index (χ0v) is 23.4. The summed E-state index contributed by atoms with van der Waals surface area (Å²) in [4.78, 5) is 18.2. The number of hydrogen-bond acceptors (Lipinski definition) is 6. The normalized spacial score (nSPS) is 17.1. The highest BCUT2D eigenvalue weighted by molar-refractivity contribution is 8.00. The maximum atomic E-state index is 14.8. The molecule has 2 aromatic carbocycles. The van der Waals surface area contributed by atoms with Gasteiger partial charge in [0.15, 0.2) is 0 Å². The fourth-order valence-corrected chi connectivity index (χ4v) is 6.13. The Bertz CT molecular complexity index is 1390. The quantitative estimate of drug-likeness (QED) is 0.180. The second-order valence-corrected chi connectivity index (χ2v) is 11.4. The summed E-state index contributed by atoms with van der Waals surface area (Å²) in [7, 11) is 0. The Hall–Kier alpha value is -3.71. The predicted octanol–water partition coefficient (Wildman–Crippen LogP) is 5.73. The average Bonchev–Trinajstić information content (AvgIpc) is 3.44. The predicted molar refractivity (Wildman–Crippen MR) is 148 cm³/mol. The Morgan fingerprint density at radius 1 is 1.14 bits per heavy atom. The molecule has 2 unspecified atom stereocenters. The maximum absolute atomic E-state index is 14.8. The number of aliphatic hydroxyl groups is 1. The van der Waals surface area contributed by atoms with E-state index < -0.39 is 28.8 Å². The summed E-state index contributed by atoms with van der Waals surface area (Å²) in [5.41, 5.74) is -1.10. The lowest BCUT2D eigenvalue weighted by Crippen LogP contribution is -2.44. The van der Waals surface area contributed by atoms with E-state index in [0.29, 0.717) is 31.5 Å². The number of likely N-dealkylation sites (tertiary alicyclic amines) is 1. The summed E-state index contributed by atoms with van der Waals surface area (Å²) in [5, 5.41) is 15.3. The number of rotatable bonds is 10. The van der Waals surface area contributed by atoms with E-state index in [1.165, 1.54) is 65.5 Å². The van der Waals surface area contributed by atoms with Gasteiger partial charge in [-0.25, -0.2) is 18.4 Å². The van der Waals surface area contributed by atoms with Gasteiger partial charge in [0.2, 0.25) is 5.91 Å². The van der Waals surface area contributed by atoms with E-state index in [4.69, 9.17) is 0 Å². The fraction of sp³-hybridized carbons (Fsp3) is 0.345. The van der Waals surface area contributed by atoms with Gasteiger partial charge in [0.25, 0.3) is 0 Å². The Morgan fingerprint density at radius 2 is 1.86 bits per heavy atom. The summed E-state index contributed by atoms with van der Waals surface area (Å²) >= 11 is 1.48. The second kappa shape index (κ2) is 13.5. The molecule has 0 bridgehead atoms. The van der Waals surface area contributed by atoms with Gasteiger partial charge in [0.05, 0.1) is 6.54 Å². The topological polar surface area (TPSA) is 80.5 Å². The van der Waals surface area contributed by atoms with Crippen molar-refractivity contribution < 1.29 is 36.6 Å². The minimum absolute atomic E-state index is 0.0317. The number of thioether (sulfide) groups is 1. The van der Waals surface area contributed by atoms with Gasteiger partial charge in [-0.2, -0.15) is 16.9 Å². The van der Waals surface area contributed by atoms with Gasteiger partial charge in [0.1, 0.15) is 35.6 Å². The molecular formula is C29H29F5N4O3S. The molecule has 2 heterocycles. The lowest BCUT2D eigenvalue weighted by atomic mass is 9.90. The van der Waals surface area contributed by atoms with E-state index in [1.54, 1.807) is 30.1 Å². The van der Waals surface area contributed by atoms with Crippen LogP contribution in [0.25, 0.3) is 6.08 Å². The highest BCUT2D eigenvalue weighted by atomic mass is 32.2. The van der Waals surface area contributed by atoms with Gasteiger partial charge >= 0.3 is 6.36 Å². The first-order valence-corrected chi connectivity index (χ1v) is 14.0. The van der Waals surface area contributed by atoms with Crippen LogP contribution in [0.1, 0.15) is 30.9 Å². The van der Waals surface area contributed by atoms with Crippen LogP contribution in [0.15, 0.2) is 73.3 Å². The molecule has 224 valence electrons. The van der Waals surface area contributed by atoms with Crippen LogP contribution < -0.4 is 4.74 Å². The van der Waals surface area contributed by atoms with Crippen molar-refractivity contribution in [3.05, 3.63) is 96.1 Å². The number of ether oxygens (including phenoxy) is 1. The number of amides is 1. The van der Waals surface area contributed by atoms with Crippen LogP contribution >= 0.6 is 11.8 Å². The van der Waals surface area contributed by atoms with Gasteiger partial charge in [-0.05, 0) is 36.6 Å². The van der Waals surface area contributed by atoms with E-state index in [1.807, 2.05) is 0 Å². The summed E-state index contributed by atoms with van der Waals surface area (Å²) in [6, 6.07) is 8.45. The molecule has 0 spiro atoms. The van der Waals surface area contributed by atoms with E-state index in [-0.39, 0.29) is 29.0 Å². The van der Waals surface area contributed by atoms with Crippen LogP contribution in [0, 0.1) is 11.6 Å². The summed E-state index contributed by atoms with van der Waals surface area (Å²) in [6.45, 7) is 2.69. The molecule has 13 heteroatoms. The number of carbonyl (C=O) groups excluding carboxylic acids is 1. The average molecular weight is 609 g/mol. The van der Waals surface area contributed by atoms with Crippen molar-refractivity contribution >= 4 is 23.7 Å². The van der Waals surface area contributed by atoms with E-state index >= 15 is 0 Å². The molecule has 1 fully saturated rings. The van der Waals surface area contributed by atoms with Gasteiger partial charge in [0, 0.05) is 41.3 Å². The smallest absolute Gasteiger partial charge is 0.406 e. The van der Waals surface area contributed by atoms with Crippen molar-refractivity contribution in [2.24, 2.45) is 0 Å². The zero-order chi connectivity index (χ0) is 30.3. The van der Waals surface area contributed by atoms with Crippen LogP contribution in [0.5, 0.6) is 5.75 Å². The third-order valence-electron chi connectivity index (χ3n) is 6.84. The third kappa shape index (κ3) is 8.41. The number of carbonyl (C=O) groups is 1. The highest BCUT2D eigenvalue weighted by Gasteiger charge is 2.41. The van der Waals surface area contributed by atoms with Crippen molar-refractivity contribution in [2.75, 3.05) is 13.1 Å². The molecule has 7 nitrogen and oxygen atoms in total. The molecule has 2 atom stereocenters. The SMILES string of the molecule is CC(SC1CCN(C(=O)/C=C/C=C/c2ccc(OC(F)(F)F)cc2)CC1)C(O)(Cn1cncn1)c1ccc(F)cc1F. The lowest BCUT2D eigenvalue weighted by molar-refractivity contribution is -0.274.